The molecule has 2 heterocycles. The summed E-state index contributed by atoms with van der Waals surface area (Å²) in [4.78, 5) is 13.2. The number of benzene rings is 2. The van der Waals surface area contributed by atoms with Crippen molar-refractivity contribution >= 4 is 44.6 Å². The Hall–Kier alpha value is -2.70. The van der Waals surface area contributed by atoms with Crippen LogP contribution in [0.5, 0.6) is 0 Å². The topological polar surface area (TPSA) is 59.8 Å². The van der Waals surface area contributed by atoms with Gasteiger partial charge in [0.05, 0.1) is 5.02 Å². The van der Waals surface area contributed by atoms with Crippen LogP contribution in [-0.4, -0.2) is 20.7 Å². The predicted octanol–water partition coefficient (Wildman–Crippen LogP) is 4.60. The molecule has 2 aromatic carbocycles. The summed E-state index contributed by atoms with van der Waals surface area (Å²) < 4.78 is 2.81. The van der Waals surface area contributed by atoms with Gasteiger partial charge in [-0.05, 0) is 18.2 Å². The third kappa shape index (κ3) is 2.90. The molecule has 0 saturated heterocycles. The highest BCUT2D eigenvalue weighted by molar-refractivity contribution is 7.21. The highest BCUT2D eigenvalue weighted by Crippen LogP contribution is 2.35. The van der Waals surface area contributed by atoms with E-state index in [9.17, 15) is 4.79 Å². The molecular formula is C18H13ClN4OS. The number of carbonyl (C=O) groups is 1. The Morgan fingerprint density at radius 2 is 2.04 bits per heavy atom. The van der Waals surface area contributed by atoms with Gasteiger partial charge < -0.3 is 9.88 Å². The van der Waals surface area contributed by atoms with Crippen LogP contribution in [-0.2, 0) is 7.05 Å². The number of nitrogens with zero attached hydrogens (tertiary/aromatic N) is 3. The van der Waals surface area contributed by atoms with Gasteiger partial charge in [0, 0.05) is 28.4 Å². The number of amides is 1. The van der Waals surface area contributed by atoms with Crippen molar-refractivity contribution in [2.24, 2.45) is 7.05 Å². The number of fused-ring (bicyclic) bond motifs is 1. The number of anilines is 1. The van der Waals surface area contributed by atoms with Crippen LogP contribution in [0.4, 0.5) is 5.69 Å². The Kier molecular flexibility index (Phi) is 3.99. The predicted molar refractivity (Wildman–Crippen MR) is 101 cm³/mol. The maximum atomic E-state index is 12.7. The van der Waals surface area contributed by atoms with Gasteiger partial charge in [-0.15, -0.1) is 21.5 Å². The second-order valence-corrected chi connectivity index (χ2v) is 6.97. The van der Waals surface area contributed by atoms with Crippen molar-refractivity contribution in [3.8, 4) is 11.4 Å². The smallest absolute Gasteiger partial charge is 0.267 e. The largest absolute Gasteiger partial charge is 0.321 e. The van der Waals surface area contributed by atoms with Gasteiger partial charge in [0.15, 0.2) is 5.82 Å². The molecule has 4 aromatic rings. The van der Waals surface area contributed by atoms with E-state index in [4.69, 9.17) is 11.6 Å². The highest BCUT2D eigenvalue weighted by Gasteiger charge is 2.17. The van der Waals surface area contributed by atoms with Gasteiger partial charge in [0.25, 0.3) is 5.91 Å². The minimum atomic E-state index is -0.221. The molecule has 0 aliphatic heterocycles. The second kappa shape index (κ2) is 6.31. The van der Waals surface area contributed by atoms with Crippen molar-refractivity contribution in [1.82, 2.24) is 14.8 Å². The number of aromatic nitrogens is 3. The van der Waals surface area contributed by atoms with Gasteiger partial charge in [-0.1, -0.05) is 41.9 Å². The lowest BCUT2D eigenvalue weighted by molar-refractivity contribution is 0.103. The molecule has 7 heteroatoms. The van der Waals surface area contributed by atoms with Gasteiger partial charge in [-0.2, -0.15) is 0 Å². The summed E-state index contributed by atoms with van der Waals surface area (Å²) >= 11 is 7.76. The van der Waals surface area contributed by atoms with E-state index in [1.54, 1.807) is 6.33 Å². The first-order valence-corrected chi connectivity index (χ1v) is 8.76. The standard InChI is InChI=1S/C18H13ClN4OS/c1-23-10-20-22-17(23)11-5-4-6-12(9-11)21-18(24)16-15(19)13-7-2-3-8-14(13)25-16/h2-10H,1H3,(H,21,24). The Balaban J connectivity index is 1.64. The van der Waals surface area contributed by atoms with E-state index in [1.165, 1.54) is 11.3 Å². The third-order valence-electron chi connectivity index (χ3n) is 3.83. The van der Waals surface area contributed by atoms with E-state index in [-0.39, 0.29) is 5.91 Å². The Bertz CT molecular complexity index is 1090. The number of nitrogens with one attached hydrogen (secondary N) is 1. The minimum Gasteiger partial charge on any atom is -0.321 e. The van der Waals surface area contributed by atoms with Crippen molar-refractivity contribution in [1.29, 1.82) is 0 Å². The number of carbonyl (C=O) groups excluding carboxylic acids is 1. The molecule has 0 unspecified atom stereocenters. The number of hydrogen-bond acceptors (Lipinski definition) is 4. The van der Waals surface area contributed by atoms with Crippen LogP contribution in [0.2, 0.25) is 5.02 Å². The molecule has 0 bridgehead atoms. The molecule has 4 rings (SSSR count). The van der Waals surface area contributed by atoms with Crippen LogP contribution in [0.3, 0.4) is 0 Å². The molecule has 0 aliphatic carbocycles. The zero-order valence-electron chi connectivity index (χ0n) is 13.2. The van der Waals surface area contributed by atoms with Crippen molar-refractivity contribution in [3.05, 3.63) is 64.8 Å². The highest BCUT2D eigenvalue weighted by atomic mass is 35.5. The molecule has 1 amide bonds. The van der Waals surface area contributed by atoms with E-state index >= 15 is 0 Å². The van der Waals surface area contributed by atoms with Crippen molar-refractivity contribution in [2.75, 3.05) is 5.32 Å². The quantitative estimate of drug-likeness (QED) is 0.574. The summed E-state index contributed by atoms with van der Waals surface area (Å²) in [5.41, 5.74) is 1.55. The van der Waals surface area contributed by atoms with Crippen LogP contribution in [0.1, 0.15) is 9.67 Å². The third-order valence-corrected chi connectivity index (χ3v) is 5.51. The normalized spacial score (nSPS) is 11.0. The van der Waals surface area contributed by atoms with Gasteiger partial charge in [-0.25, -0.2) is 0 Å². The van der Waals surface area contributed by atoms with Crippen molar-refractivity contribution in [3.63, 3.8) is 0 Å². The fraction of sp³-hybridized carbons (Fsp3) is 0.0556. The molecule has 0 saturated carbocycles. The molecule has 124 valence electrons. The maximum Gasteiger partial charge on any atom is 0.267 e. The number of hydrogen-bond donors (Lipinski definition) is 1. The average Bonchev–Trinajstić information content (AvgIpc) is 3.19. The van der Waals surface area contributed by atoms with Gasteiger partial charge in [0.1, 0.15) is 11.2 Å². The zero-order chi connectivity index (χ0) is 17.4. The lowest BCUT2D eigenvalue weighted by Crippen LogP contribution is -2.10. The monoisotopic (exact) mass is 368 g/mol. The summed E-state index contributed by atoms with van der Waals surface area (Å²) in [6, 6.07) is 15.2. The molecule has 0 fully saturated rings. The Morgan fingerprint density at radius 1 is 1.20 bits per heavy atom. The molecule has 5 nitrogen and oxygen atoms in total. The van der Waals surface area contributed by atoms with Crippen LogP contribution >= 0.6 is 22.9 Å². The first-order valence-electron chi connectivity index (χ1n) is 7.56. The molecule has 1 N–H and O–H groups in total. The SMILES string of the molecule is Cn1cnnc1-c1cccc(NC(=O)c2sc3ccccc3c2Cl)c1. The number of halogens is 1. The summed E-state index contributed by atoms with van der Waals surface area (Å²) in [6.07, 6.45) is 1.64. The van der Waals surface area contributed by atoms with Crippen molar-refractivity contribution < 1.29 is 4.79 Å². The lowest BCUT2D eigenvalue weighted by Gasteiger charge is -2.06. The van der Waals surface area contributed by atoms with E-state index in [2.05, 4.69) is 15.5 Å². The molecule has 0 atom stereocenters. The van der Waals surface area contributed by atoms with E-state index in [0.717, 1.165) is 21.5 Å². The summed E-state index contributed by atoms with van der Waals surface area (Å²) in [5, 5.41) is 12.3. The van der Waals surface area contributed by atoms with E-state index in [1.807, 2.05) is 60.1 Å². The van der Waals surface area contributed by atoms with Crippen LogP contribution in [0.25, 0.3) is 21.5 Å². The summed E-state index contributed by atoms with van der Waals surface area (Å²) in [5.74, 6) is 0.511. The zero-order valence-corrected chi connectivity index (χ0v) is 14.8. The minimum absolute atomic E-state index is 0.221. The van der Waals surface area contributed by atoms with E-state index in [0.29, 0.717) is 15.6 Å². The second-order valence-electron chi connectivity index (χ2n) is 5.54. The molecule has 0 spiro atoms. The summed E-state index contributed by atoms with van der Waals surface area (Å²) in [6.45, 7) is 0. The van der Waals surface area contributed by atoms with Crippen LogP contribution in [0, 0.1) is 0 Å². The Labute approximate surface area is 152 Å². The fourth-order valence-electron chi connectivity index (χ4n) is 2.63. The van der Waals surface area contributed by atoms with Gasteiger partial charge in [-0.3, -0.25) is 4.79 Å². The summed E-state index contributed by atoms with van der Waals surface area (Å²) in [7, 11) is 1.87. The molecule has 2 aromatic heterocycles. The van der Waals surface area contributed by atoms with Crippen LogP contribution in [0.15, 0.2) is 54.9 Å². The van der Waals surface area contributed by atoms with Gasteiger partial charge in [0.2, 0.25) is 0 Å². The number of aryl methyl sites for hydroxylation is 1. The fourth-order valence-corrected chi connectivity index (χ4v) is 4.04. The number of thiophene rings is 1. The van der Waals surface area contributed by atoms with Crippen molar-refractivity contribution in [2.45, 2.75) is 0 Å². The lowest BCUT2D eigenvalue weighted by atomic mass is 10.2. The maximum absolute atomic E-state index is 12.7. The molecule has 0 radical (unpaired) electrons. The molecule has 25 heavy (non-hydrogen) atoms. The molecule has 0 aliphatic rings. The van der Waals surface area contributed by atoms with Crippen LogP contribution < -0.4 is 5.32 Å². The first-order chi connectivity index (χ1) is 12.1. The average molecular weight is 369 g/mol. The van der Waals surface area contributed by atoms with E-state index < -0.39 is 0 Å². The Morgan fingerprint density at radius 3 is 2.80 bits per heavy atom. The molecular weight excluding hydrogens is 356 g/mol. The first kappa shape index (κ1) is 15.8. The van der Waals surface area contributed by atoms with Gasteiger partial charge >= 0.3 is 0 Å². The number of rotatable bonds is 3.